The van der Waals surface area contributed by atoms with Gasteiger partial charge in [0.15, 0.2) is 0 Å². The molecule has 0 fully saturated rings. The number of benzene rings is 2. The first-order chi connectivity index (χ1) is 14.4. The molecule has 0 spiro atoms. The van der Waals surface area contributed by atoms with Gasteiger partial charge in [0.25, 0.3) is 5.56 Å². The van der Waals surface area contributed by atoms with Crippen LogP contribution in [0.3, 0.4) is 0 Å². The molecule has 1 heterocycles. The number of nitrogens with zero attached hydrogens (tertiary/aromatic N) is 2. The van der Waals surface area contributed by atoms with Crippen LogP contribution in [0.5, 0.6) is 5.75 Å². The summed E-state index contributed by atoms with van der Waals surface area (Å²) in [6.07, 6.45) is 0.769. The number of ether oxygens (including phenoxy) is 1. The van der Waals surface area contributed by atoms with Gasteiger partial charge in [-0.3, -0.25) is 14.2 Å². The van der Waals surface area contributed by atoms with E-state index in [9.17, 15) is 14.4 Å². The molecule has 7 nitrogen and oxygen atoms in total. The van der Waals surface area contributed by atoms with Gasteiger partial charge in [-0.05, 0) is 62.7 Å². The first kappa shape index (κ1) is 21.6. The van der Waals surface area contributed by atoms with Crippen molar-refractivity contribution in [1.82, 2.24) is 14.5 Å². The number of hydrogen-bond acceptors (Lipinski definition) is 4. The summed E-state index contributed by atoms with van der Waals surface area (Å²) in [4.78, 5) is 39.2. The number of amides is 1. The van der Waals surface area contributed by atoms with Crippen molar-refractivity contribution >= 4 is 28.4 Å². The number of rotatable bonds is 7. The Labute approximate surface area is 178 Å². The van der Waals surface area contributed by atoms with Crippen LogP contribution in [0, 0.1) is 0 Å². The summed E-state index contributed by atoms with van der Waals surface area (Å²) < 4.78 is 7.81. The maximum Gasteiger partial charge on any atom is 0.336 e. The number of fused-ring (bicyclic) bond motifs is 1. The molecule has 0 saturated heterocycles. The molecule has 1 amide bonds. The zero-order valence-electron chi connectivity index (χ0n) is 17.1. The van der Waals surface area contributed by atoms with E-state index < -0.39 is 17.3 Å². The molecule has 1 N–H and O–H groups in total. The lowest BCUT2D eigenvalue weighted by Crippen LogP contribution is -2.43. The van der Waals surface area contributed by atoms with Crippen LogP contribution in [0.15, 0.2) is 52.1 Å². The minimum atomic E-state index is -0.834. The Hall–Kier alpha value is -3.06. The molecule has 158 valence electrons. The van der Waals surface area contributed by atoms with E-state index in [1.54, 1.807) is 43.3 Å². The summed E-state index contributed by atoms with van der Waals surface area (Å²) in [5.74, 6) is 0.326. The van der Waals surface area contributed by atoms with Gasteiger partial charge < -0.3 is 10.1 Å². The highest BCUT2D eigenvalue weighted by Gasteiger charge is 2.22. The Morgan fingerprint density at radius 1 is 1.13 bits per heavy atom. The van der Waals surface area contributed by atoms with Crippen molar-refractivity contribution in [2.45, 2.75) is 33.2 Å². The van der Waals surface area contributed by atoms with Crippen LogP contribution in [-0.4, -0.2) is 28.2 Å². The van der Waals surface area contributed by atoms with Gasteiger partial charge in [-0.2, -0.15) is 0 Å². The van der Waals surface area contributed by atoms with Gasteiger partial charge in [-0.1, -0.05) is 18.5 Å². The van der Waals surface area contributed by atoms with Gasteiger partial charge in [0, 0.05) is 11.6 Å². The van der Waals surface area contributed by atoms with Crippen molar-refractivity contribution in [2.75, 3.05) is 13.2 Å². The van der Waals surface area contributed by atoms with Gasteiger partial charge in [0.2, 0.25) is 5.91 Å². The third-order valence-corrected chi connectivity index (χ3v) is 5.01. The average molecular weight is 430 g/mol. The highest BCUT2D eigenvalue weighted by Crippen LogP contribution is 2.20. The zero-order valence-corrected chi connectivity index (χ0v) is 17.9. The smallest absolute Gasteiger partial charge is 0.336 e. The highest BCUT2D eigenvalue weighted by molar-refractivity contribution is 6.31. The first-order valence-electron chi connectivity index (χ1n) is 9.86. The number of aromatic nitrogens is 2. The molecule has 0 aliphatic rings. The Balaban J connectivity index is 2.26. The van der Waals surface area contributed by atoms with E-state index in [0.717, 1.165) is 11.0 Å². The second-order valence-electron chi connectivity index (χ2n) is 6.85. The van der Waals surface area contributed by atoms with Crippen molar-refractivity contribution in [2.24, 2.45) is 0 Å². The predicted octanol–water partition coefficient (Wildman–Crippen LogP) is 3.29. The molecule has 3 aromatic rings. The van der Waals surface area contributed by atoms with E-state index in [-0.39, 0.29) is 5.91 Å². The fourth-order valence-corrected chi connectivity index (χ4v) is 3.44. The molecule has 0 radical (unpaired) electrons. The summed E-state index contributed by atoms with van der Waals surface area (Å²) in [5, 5.41) is 3.46. The van der Waals surface area contributed by atoms with Crippen LogP contribution in [0.1, 0.15) is 33.2 Å². The first-order valence-corrected chi connectivity index (χ1v) is 10.2. The van der Waals surface area contributed by atoms with Crippen LogP contribution in [0.2, 0.25) is 5.02 Å². The Morgan fingerprint density at radius 3 is 2.47 bits per heavy atom. The van der Waals surface area contributed by atoms with Crippen LogP contribution < -0.4 is 21.3 Å². The van der Waals surface area contributed by atoms with Crippen LogP contribution >= 0.6 is 11.6 Å². The SMILES string of the molecule is CCCNC(=O)C(C)n1c(=O)n(-c2ccc(OCC)cc2)c(=O)c2ccc(Cl)cc21. The molecule has 2 aromatic carbocycles. The van der Waals surface area contributed by atoms with Gasteiger partial charge >= 0.3 is 5.69 Å². The molecule has 0 bridgehead atoms. The van der Waals surface area contributed by atoms with Gasteiger partial charge in [-0.15, -0.1) is 0 Å². The molecule has 30 heavy (non-hydrogen) atoms. The lowest BCUT2D eigenvalue weighted by Gasteiger charge is -2.20. The average Bonchev–Trinajstić information content (AvgIpc) is 2.73. The van der Waals surface area contributed by atoms with Crippen LogP contribution in [0.4, 0.5) is 0 Å². The fourth-order valence-electron chi connectivity index (χ4n) is 3.28. The van der Waals surface area contributed by atoms with E-state index in [4.69, 9.17) is 16.3 Å². The molecular weight excluding hydrogens is 406 g/mol. The monoisotopic (exact) mass is 429 g/mol. The second-order valence-corrected chi connectivity index (χ2v) is 7.28. The van der Waals surface area contributed by atoms with Gasteiger partial charge in [0.1, 0.15) is 11.8 Å². The molecule has 1 aromatic heterocycles. The molecular formula is C22H24ClN3O4. The summed E-state index contributed by atoms with van der Waals surface area (Å²) in [6, 6.07) is 10.5. The van der Waals surface area contributed by atoms with E-state index in [2.05, 4.69) is 5.32 Å². The summed E-state index contributed by atoms with van der Waals surface area (Å²) >= 11 is 6.13. The maximum atomic E-state index is 13.4. The summed E-state index contributed by atoms with van der Waals surface area (Å²) in [7, 11) is 0. The number of carbonyl (C=O) groups excluding carboxylic acids is 1. The van der Waals surface area contributed by atoms with Gasteiger partial charge in [0.05, 0.1) is 23.2 Å². The van der Waals surface area contributed by atoms with Crippen molar-refractivity contribution < 1.29 is 9.53 Å². The largest absolute Gasteiger partial charge is 0.494 e. The number of hydrogen-bond donors (Lipinski definition) is 1. The Kier molecular flexibility index (Phi) is 6.62. The molecule has 3 rings (SSSR count). The van der Waals surface area contributed by atoms with Crippen molar-refractivity contribution in [3.05, 3.63) is 68.3 Å². The van der Waals surface area contributed by atoms with E-state index >= 15 is 0 Å². The summed E-state index contributed by atoms with van der Waals surface area (Å²) in [5.41, 5.74) is -0.384. The Morgan fingerprint density at radius 2 is 1.83 bits per heavy atom. The van der Waals surface area contributed by atoms with E-state index in [0.29, 0.717) is 40.5 Å². The lowest BCUT2D eigenvalue weighted by molar-refractivity contribution is -0.123. The fraction of sp³-hybridized carbons (Fsp3) is 0.318. The van der Waals surface area contributed by atoms with Crippen molar-refractivity contribution in [3.8, 4) is 11.4 Å². The number of nitrogens with one attached hydrogen (secondary N) is 1. The zero-order chi connectivity index (χ0) is 21.8. The van der Waals surface area contributed by atoms with Crippen molar-refractivity contribution in [3.63, 3.8) is 0 Å². The molecule has 8 heteroatoms. The molecule has 0 aliphatic carbocycles. The Bertz CT molecular complexity index is 1180. The minimum absolute atomic E-state index is 0.294. The molecule has 1 atom stereocenters. The lowest BCUT2D eigenvalue weighted by atomic mass is 10.2. The normalized spacial score (nSPS) is 12.0. The third-order valence-electron chi connectivity index (χ3n) is 4.77. The topological polar surface area (TPSA) is 82.3 Å². The van der Waals surface area contributed by atoms with E-state index in [1.807, 2.05) is 13.8 Å². The quantitative estimate of drug-likeness (QED) is 0.624. The molecule has 0 aliphatic heterocycles. The van der Waals surface area contributed by atoms with E-state index in [1.165, 1.54) is 10.6 Å². The van der Waals surface area contributed by atoms with Crippen LogP contribution in [0.25, 0.3) is 16.6 Å². The minimum Gasteiger partial charge on any atom is -0.494 e. The van der Waals surface area contributed by atoms with Crippen molar-refractivity contribution in [1.29, 1.82) is 0 Å². The number of carbonyl (C=O) groups is 1. The predicted molar refractivity (Wildman–Crippen MR) is 118 cm³/mol. The third kappa shape index (κ3) is 4.11. The standard InChI is InChI=1S/C22H24ClN3O4/c1-4-12-24-20(27)14(3)25-19-13-15(23)6-11-18(19)21(28)26(22(25)29)16-7-9-17(10-8-16)30-5-2/h6-11,13-14H,4-5,12H2,1-3H3,(H,24,27). The highest BCUT2D eigenvalue weighted by atomic mass is 35.5. The maximum absolute atomic E-state index is 13.4. The second kappa shape index (κ2) is 9.17. The molecule has 0 saturated carbocycles. The van der Waals surface area contributed by atoms with Gasteiger partial charge in [-0.25, -0.2) is 9.36 Å². The molecule has 1 unspecified atom stereocenters. The van der Waals surface area contributed by atoms with Crippen LogP contribution in [-0.2, 0) is 4.79 Å². The number of halogens is 1. The summed E-state index contributed by atoms with van der Waals surface area (Å²) in [6.45, 7) is 6.44.